The van der Waals surface area contributed by atoms with Gasteiger partial charge >= 0.3 is 23.9 Å². The van der Waals surface area contributed by atoms with Crippen molar-refractivity contribution in [3.8, 4) is 0 Å². The summed E-state index contributed by atoms with van der Waals surface area (Å²) in [4.78, 5) is 85.6. The molecule has 16 heteroatoms. The van der Waals surface area contributed by atoms with E-state index in [4.69, 9.17) is 10.6 Å². The van der Waals surface area contributed by atoms with Crippen LogP contribution in [0.15, 0.2) is 5.11 Å². The zero-order valence-corrected chi connectivity index (χ0v) is 17.2. The van der Waals surface area contributed by atoms with Crippen molar-refractivity contribution in [3.63, 3.8) is 0 Å². The van der Waals surface area contributed by atoms with Gasteiger partial charge in [-0.1, -0.05) is 5.11 Å². The highest BCUT2D eigenvalue weighted by atomic mass is 16.4. The van der Waals surface area contributed by atoms with E-state index in [2.05, 4.69) is 15.3 Å². The van der Waals surface area contributed by atoms with Gasteiger partial charge in [-0.2, -0.15) is 0 Å². The summed E-state index contributed by atoms with van der Waals surface area (Å²) in [6, 6.07) is -5.06. The van der Waals surface area contributed by atoms with Crippen molar-refractivity contribution >= 4 is 41.7 Å². The second-order valence-electron chi connectivity index (χ2n) is 6.86. The molecule has 0 aromatic rings. The summed E-state index contributed by atoms with van der Waals surface area (Å²) in [6.45, 7) is -0.323. The van der Waals surface area contributed by atoms with Crippen LogP contribution in [-0.2, 0) is 28.8 Å². The summed E-state index contributed by atoms with van der Waals surface area (Å²) in [7, 11) is 0. The average molecular weight is 470 g/mol. The maximum Gasteiger partial charge on any atom is 0.335 e. The first-order valence-corrected chi connectivity index (χ1v) is 9.64. The highest BCUT2D eigenvalue weighted by Crippen LogP contribution is 2.23. The SMILES string of the molecule is [N-]=[N+]=NCC(=O)NCCCC[C@@H](C(=O)O)N1C(=O)CC(=O)N([C@@H](CCC(=O)O)C(=O)O)C1=O. The van der Waals surface area contributed by atoms with E-state index in [1.54, 1.807) is 0 Å². The molecule has 1 aliphatic rings. The van der Waals surface area contributed by atoms with Gasteiger partial charge in [0.25, 0.3) is 0 Å². The van der Waals surface area contributed by atoms with E-state index in [9.17, 15) is 43.8 Å². The Morgan fingerprint density at radius 2 is 1.52 bits per heavy atom. The summed E-state index contributed by atoms with van der Waals surface area (Å²) in [5.41, 5.74) is 8.14. The number of hydrogen-bond donors (Lipinski definition) is 4. The number of carbonyl (C=O) groups is 7. The lowest BCUT2D eigenvalue weighted by Gasteiger charge is -2.38. The summed E-state index contributed by atoms with van der Waals surface area (Å²) in [6.07, 6.45) is -2.17. The second kappa shape index (κ2) is 12.6. The summed E-state index contributed by atoms with van der Waals surface area (Å²) < 4.78 is 0. The number of aliphatic carboxylic acids is 3. The Morgan fingerprint density at radius 3 is 2.00 bits per heavy atom. The van der Waals surface area contributed by atoms with E-state index in [1.165, 1.54) is 0 Å². The lowest BCUT2D eigenvalue weighted by molar-refractivity contribution is -0.158. The molecule has 0 aromatic carbocycles. The predicted octanol–water partition coefficient (Wildman–Crippen LogP) is -0.465. The van der Waals surface area contributed by atoms with Crippen molar-refractivity contribution in [2.45, 2.75) is 50.6 Å². The number of nitrogens with zero attached hydrogens (tertiary/aromatic N) is 5. The summed E-state index contributed by atoms with van der Waals surface area (Å²) in [5, 5.41) is 33.1. The van der Waals surface area contributed by atoms with Gasteiger partial charge in [0.05, 0.1) is 0 Å². The number of carbonyl (C=O) groups excluding carboxylic acids is 4. The van der Waals surface area contributed by atoms with E-state index < -0.39 is 79.6 Å². The maximum atomic E-state index is 12.8. The first kappa shape index (κ1) is 26.8. The number of unbranched alkanes of at least 4 members (excludes halogenated alkanes) is 1. The van der Waals surface area contributed by atoms with Gasteiger partial charge in [0.2, 0.25) is 17.7 Å². The van der Waals surface area contributed by atoms with Gasteiger partial charge in [0.1, 0.15) is 25.0 Å². The van der Waals surface area contributed by atoms with Crippen molar-refractivity contribution in [2.75, 3.05) is 13.1 Å². The van der Waals surface area contributed by atoms with E-state index in [1.807, 2.05) is 0 Å². The molecule has 1 saturated heterocycles. The molecule has 0 aliphatic carbocycles. The van der Waals surface area contributed by atoms with Crippen LogP contribution in [0.2, 0.25) is 0 Å². The molecule has 5 amide bonds. The minimum atomic E-state index is -1.89. The molecule has 0 aromatic heterocycles. The molecule has 1 aliphatic heterocycles. The molecular formula is C17H22N6O10. The predicted molar refractivity (Wildman–Crippen MR) is 104 cm³/mol. The highest BCUT2D eigenvalue weighted by molar-refractivity contribution is 6.16. The van der Waals surface area contributed by atoms with Crippen LogP contribution in [0, 0.1) is 0 Å². The van der Waals surface area contributed by atoms with Crippen molar-refractivity contribution in [1.29, 1.82) is 0 Å². The molecule has 1 fully saturated rings. The van der Waals surface area contributed by atoms with Crippen LogP contribution in [0.4, 0.5) is 4.79 Å². The van der Waals surface area contributed by atoms with Crippen LogP contribution in [0.5, 0.6) is 0 Å². The first-order chi connectivity index (χ1) is 15.5. The zero-order valence-electron chi connectivity index (χ0n) is 17.2. The molecule has 2 atom stereocenters. The van der Waals surface area contributed by atoms with Gasteiger partial charge < -0.3 is 20.6 Å². The number of amides is 5. The molecule has 1 heterocycles. The Balaban J connectivity index is 2.91. The van der Waals surface area contributed by atoms with Gasteiger partial charge in [-0.25, -0.2) is 24.2 Å². The molecule has 0 radical (unpaired) electrons. The van der Waals surface area contributed by atoms with E-state index in [-0.39, 0.29) is 30.7 Å². The third kappa shape index (κ3) is 7.77. The van der Waals surface area contributed by atoms with Crippen molar-refractivity contribution < 1.29 is 48.9 Å². The Hall–Kier alpha value is -4.20. The fourth-order valence-corrected chi connectivity index (χ4v) is 3.07. The van der Waals surface area contributed by atoms with Crippen LogP contribution in [-0.4, -0.2) is 92.0 Å². The van der Waals surface area contributed by atoms with Gasteiger partial charge in [0, 0.05) is 17.9 Å². The fourth-order valence-electron chi connectivity index (χ4n) is 3.07. The number of azide groups is 1. The third-order valence-corrected chi connectivity index (χ3v) is 4.58. The lowest BCUT2D eigenvalue weighted by Crippen LogP contribution is -2.63. The minimum absolute atomic E-state index is 0.0922. The number of rotatable bonds is 14. The lowest BCUT2D eigenvalue weighted by atomic mass is 10.0. The molecule has 0 unspecified atom stereocenters. The molecular weight excluding hydrogens is 448 g/mol. The Morgan fingerprint density at radius 1 is 0.970 bits per heavy atom. The Kier molecular flexibility index (Phi) is 10.3. The van der Waals surface area contributed by atoms with Crippen molar-refractivity contribution in [1.82, 2.24) is 15.1 Å². The van der Waals surface area contributed by atoms with Gasteiger partial charge in [-0.15, -0.1) is 0 Å². The number of hydrogen-bond acceptors (Lipinski definition) is 8. The topological polar surface area (TPSA) is 247 Å². The van der Waals surface area contributed by atoms with Crippen LogP contribution in [0.1, 0.15) is 38.5 Å². The summed E-state index contributed by atoms with van der Waals surface area (Å²) >= 11 is 0. The fraction of sp³-hybridized carbons (Fsp3) is 0.588. The normalized spacial score (nSPS) is 15.5. The smallest absolute Gasteiger partial charge is 0.335 e. The number of urea groups is 1. The number of imide groups is 2. The molecule has 16 nitrogen and oxygen atoms in total. The van der Waals surface area contributed by atoms with Gasteiger partial charge in [-0.05, 0) is 31.2 Å². The van der Waals surface area contributed by atoms with E-state index in [0.717, 1.165) is 0 Å². The Bertz CT molecular complexity index is 884. The van der Waals surface area contributed by atoms with Crippen molar-refractivity contribution in [3.05, 3.63) is 10.4 Å². The first-order valence-electron chi connectivity index (χ1n) is 9.64. The molecule has 180 valence electrons. The van der Waals surface area contributed by atoms with Crippen LogP contribution < -0.4 is 5.32 Å². The van der Waals surface area contributed by atoms with Crippen LogP contribution in [0.25, 0.3) is 10.4 Å². The number of barbiturate groups is 1. The molecule has 0 spiro atoms. The second-order valence-corrected chi connectivity index (χ2v) is 6.86. The monoisotopic (exact) mass is 470 g/mol. The number of carboxylic acid groups (broad SMARTS) is 3. The van der Waals surface area contributed by atoms with E-state index >= 15 is 0 Å². The van der Waals surface area contributed by atoms with Gasteiger partial charge in [0.15, 0.2) is 0 Å². The zero-order chi connectivity index (χ0) is 25.1. The average Bonchev–Trinajstić information content (AvgIpc) is 2.71. The third-order valence-electron chi connectivity index (χ3n) is 4.58. The number of nitrogens with one attached hydrogen (secondary N) is 1. The van der Waals surface area contributed by atoms with Crippen molar-refractivity contribution in [2.24, 2.45) is 5.11 Å². The highest BCUT2D eigenvalue weighted by Gasteiger charge is 2.48. The summed E-state index contributed by atoms with van der Waals surface area (Å²) in [5.74, 6) is -7.49. The van der Waals surface area contributed by atoms with Crippen LogP contribution >= 0.6 is 0 Å². The molecule has 0 bridgehead atoms. The Labute approximate surface area is 185 Å². The molecule has 4 N–H and O–H groups in total. The minimum Gasteiger partial charge on any atom is -0.481 e. The quantitative estimate of drug-likeness (QED) is 0.0835. The van der Waals surface area contributed by atoms with Gasteiger partial charge in [-0.3, -0.25) is 19.2 Å². The largest absolute Gasteiger partial charge is 0.481 e. The molecule has 0 saturated carbocycles. The molecule has 33 heavy (non-hydrogen) atoms. The van der Waals surface area contributed by atoms with Crippen LogP contribution in [0.3, 0.4) is 0 Å². The standard InChI is InChI=1S/C17H22N6O10/c18-21-20-8-11(24)19-6-2-1-3-9(15(29)30)22-12(25)7-13(26)23(17(22)33)10(16(31)32)4-5-14(27)28/h9-10H,1-8H2,(H,19,24)(H,27,28)(H,29,30)(H,31,32)/t9-,10-/m0/s1. The molecule has 1 rings (SSSR count). The van der Waals surface area contributed by atoms with E-state index in [0.29, 0.717) is 4.90 Å². The number of carboxylic acids is 3. The maximum absolute atomic E-state index is 12.8.